The summed E-state index contributed by atoms with van der Waals surface area (Å²) in [7, 11) is 0. The lowest BCUT2D eigenvalue weighted by atomic mass is 9.70. The predicted octanol–water partition coefficient (Wildman–Crippen LogP) is 3.64. The van der Waals surface area contributed by atoms with E-state index in [-0.39, 0.29) is 35.7 Å². The first-order chi connectivity index (χ1) is 20.3. The molecule has 42 heavy (non-hydrogen) atoms. The maximum atomic E-state index is 14.0. The number of nitrogens with zero attached hydrogens (tertiary/aromatic N) is 2. The average Bonchev–Trinajstić information content (AvgIpc) is 3.57. The fourth-order valence-corrected chi connectivity index (χ4v) is 7.74. The average molecular weight is 644 g/mol. The number of carbonyl (C=O) groups is 3. The van der Waals surface area contributed by atoms with Gasteiger partial charge in [0.25, 0.3) is 0 Å². The number of amides is 3. The molecule has 6 atom stereocenters. The number of hydrogen-bond donors (Lipinski definition) is 3. The number of rotatable bonds is 12. The van der Waals surface area contributed by atoms with Crippen molar-refractivity contribution in [1.29, 1.82) is 0 Å². The Hall–Kier alpha value is -3.15. The van der Waals surface area contributed by atoms with Gasteiger partial charge in [-0.3, -0.25) is 14.4 Å². The Balaban J connectivity index is 1.40. The number of nitrogens with one attached hydrogen (secondary N) is 2. The summed E-state index contributed by atoms with van der Waals surface area (Å²) < 4.78 is 12.0. The first-order valence-electron chi connectivity index (χ1n) is 14.7. The number of likely N-dealkylation sites (tertiary alicyclic amines) is 1. The van der Waals surface area contributed by atoms with E-state index in [1.165, 1.54) is 4.90 Å². The van der Waals surface area contributed by atoms with Gasteiger partial charge in [0.05, 0.1) is 24.5 Å². The van der Waals surface area contributed by atoms with E-state index in [0.29, 0.717) is 36.6 Å². The molecule has 3 unspecified atom stereocenters. The summed E-state index contributed by atoms with van der Waals surface area (Å²) in [5, 5.41) is 15.5. The minimum Gasteiger partial charge on any atom is -0.494 e. The van der Waals surface area contributed by atoms with Crippen molar-refractivity contribution in [2.45, 2.75) is 56.2 Å². The molecule has 3 fully saturated rings. The van der Waals surface area contributed by atoms with Crippen LogP contribution in [0.2, 0.25) is 0 Å². The number of ether oxygens (including phenoxy) is 2. The van der Waals surface area contributed by atoms with Crippen molar-refractivity contribution in [2.75, 3.05) is 48.4 Å². The monoisotopic (exact) mass is 642 g/mol. The van der Waals surface area contributed by atoms with Crippen molar-refractivity contribution >= 4 is 50.7 Å². The lowest BCUT2D eigenvalue weighted by Gasteiger charge is -2.34. The van der Waals surface area contributed by atoms with E-state index < -0.39 is 29.6 Å². The molecule has 0 radical (unpaired) electrons. The summed E-state index contributed by atoms with van der Waals surface area (Å²) >= 11 is 3.69. The van der Waals surface area contributed by atoms with Gasteiger partial charge in [-0.1, -0.05) is 15.9 Å². The van der Waals surface area contributed by atoms with Crippen molar-refractivity contribution in [3.05, 3.63) is 48.5 Å². The minimum atomic E-state index is -1.17. The van der Waals surface area contributed by atoms with E-state index >= 15 is 0 Å². The van der Waals surface area contributed by atoms with Gasteiger partial charge in [0.1, 0.15) is 17.4 Å². The van der Waals surface area contributed by atoms with Crippen molar-refractivity contribution in [1.82, 2.24) is 4.90 Å². The van der Waals surface area contributed by atoms with Gasteiger partial charge < -0.3 is 35.0 Å². The van der Waals surface area contributed by atoms with Crippen LogP contribution in [0.25, 0.3) is 0 Å². The van der Waals surface area contributed by atoms with Crippen LogP contribution in [0.4, 0.5) is 17.1 Å². The molecular formula is C31H39BrN4O6. The molecular weight excluding hydrogens is 604 g/mol. The van der Waals surface area contributed by atoms with Gasteiger partial charge in [0.2, 0.25) is 17.7 Å². The van der Waals surface area contributed by atoms with E-state index in [4.69, 9.17) is 9.47 Å². The highest BCUT2D eigenvalue weighted by atomic mass is 79.9. The van der Waals surface area contributed by atoms with Crippen LogP contribution in [0.5, 0.6) is 5.75 Å². The first-order valence-corrected chi connectivity index (χ1v) is 15.6. The number of halogens is 1. The molecule has 3 aliphatic heterocycles. The molecule has 226 valence electrons. The second kappa shape index (κ2) is 12.6. The van der Waals surface area contributed by atoms with E-state index in [1.54, 1.807) is 24.3 Å². The zero-order valence-electron chi connectivity index (χ0n) is 24.2. The summed E-state index contributed by atoms with van der Waals surface area (Å²) in [5.41, 5.74) is 1.07. The molecule has 2 aromatic rings. The fourth-order valence-electron chi connectivity index (χ4n) is 6.79. The molecule has 1 spiro atoms. The van der Waals surface area contributed by atoms with Gasteiger partial charge in [-0.15, -0.1) is 0 Å². The molecule has 3 amide bonds. The molecule has 5 rings (SSSR count). The number of alkyl halides is 1. The Bertz CT molecular complexity index is 1290. The van der Waals surface area contributed by atoms with Gasteiger partial charge >= 0.3 is 0 Å². The van der Waals surface area contributed by atoms with Crippen molar-refractivity contribution < 1.29 is 29.0 Å². The molecule has 10 nitrogen and oxygen atoms in total. The highest BCUT2D eigenvalue weighted by molar-refractivity contribution is 9.09. The van der Waals surface area contributed by atoms with Crippen LogP contribution in [-0.2, 0) is 19.1 Å². The normalized spacial score (nSPS) is 27.6. The lowest BCUT2D eigenvalue weighted by molar-refractivity contribution is -0.139. The molecule has 0 aliphatic carbocycles. The van der Waals surface area contributed by atoms with E-state index in [1.807, 2.05) is 31.2 Å². The second-order valence-electron chi connectivity index (χ2n) is 10.9. The zero-order valence-corrected chi connectivity index (χ0v) is 25.8. The molecule has 3 heterocycles. The smallest absolute Gasteiger partial charge is 0.250 e. The SMILES string of the molecule is CCOc1ccc(NC(=O)[C@H]2[C@H]3C(=O)N(CCCO)C(C(=O)Nc4ccc(N(CC)CC)cc4)C34CC(Br)[C@@H]2O4)cc1. The molecule has 3 aliphatic rings. The van der Waals surface area contributed by atoms with Crippen molar-refractivity contribution in [2.24, 2.45) is 11.8 Å². The maximum Gasteiger partial charge on any atom is 0.250 e. The minimum absolute atomic E-state index is 0.130. The maximum absolute atomic E-state index is 14.0. The van der Waals surface area contributed by atoms with Gasteiger partial charge in [0, 0.05) is 48.1 Å². The van der Waals surface area contributed by atoms with Crippen LogP contribution < -0.4 is 20.3 Å². The number of carbonyl (C=O) groups excluding carboxylic acids is 3. The summed E-state index contributed by atoms with van der Waals surface area (Å²) in [5.74, 6) is -1.91. The number of fused-ring (bicyclic) bond motifs is 1. The first kappa shape index (κ1) is 30.3. The van der Waals surface area contributed by atoms with Crippen LogP contribution in [-0.4, -0.2) is 83.2 Å². The standard InChI is InChI=1S/C31H39BrN4O6/c1-4-35(5-2)21-12-8-19(9-13-21)34-29(39)27-31-18-23(32)26(42-31)24(25(31)30(40)36(27)16-7-17-37)28(38)33-20-10-14-22(15-11-20)41-6-3/h8-15,23-27,37H,4-7,16-18H2,1-3H3,(H,33,38)(H,34,39)/t23?,24-,25-,26-,27?,31?/m0/s1. The summed E-state index contributed by atoms with van der Waals surface area (Å²) in [6.07, 6.45) is 0.154. The van der Waals surface area contributed by atoms with Crippen LogP contribution in [0, 0.1) is 11.8 Å². The highest BCUT2D eigenvalue weighted by Crippen LogP contribution is 2.60. The highest BCUT2D eigenvalue weighted by Gasteiger charge is 2.76. The Morgan fingerprint density at radius 1 is 1.05 bits per heavy atom. The van der Waals surface area contributed by atoms with Crippen LogP contribution in [0.3, 0.4) is 0 Å². The van der Waals surface area contributed by atoms with E-state index in [0.717, 1.165) is 18.8 Å². The summed E-state index contributed by atoms with van der Waals surface area (Å²) in [6.45, 7) is 8.41. The number of hydrogen-bond acceptors (Lipinski definition) is 7. The Morgan fingerprint density at radius 2 is 1.67 bits per heavy atom. The van der Waals surface area contributed by atoms with Gasteiger partial charge in [-0.25, -0.2) is 0 Å². The lowest BCUT2D eigenvalue weighted by Crippen LogP contribution is -2.54. The summed E-state index contributed by atoms with van der Waals surface area (Å²) in [6, 6.07) is 13.7. The van der Waals surface area contributed by atoms with Crippen LogP contribution >= 0.6 is 15.9 Å². The fraction of sp³-hybridized carbons (Fsp3) is 0.516. The second-order valence-corrected chi connectivity index (χ2v) is 12.1. The Kier molecular flexibility index (Phi) is 9.10. The van der Waals surface area contributed by atoms with Crippen LogP contribution in [0.1, 0.15) is 33.6 Å². The predicted molar refractivity (Wildman–Crippen MR) is 164 cm³/mol. The van der Waals surface area contributed by atoms with Crippen LogP contribution in [0.15, 0.2) is 48.5 Å². The molecule has 0 aromatic heterocycles. The van der Waals surface area contributed by atoms with E-state index in [2.05, 4.69) is 45.3 Å². The van der Waals surface area contributed by atoms with Gasteiger partial charge in [-0.05, 0) is 82.1 Å². The quantitative estimate of drug-likeness (QED) is 0.302. The number of aliphatic hydroxyl groups is 1. The number of anilines is 3. The Labute approximate surface area is 254 Å². The third-order valence-corrected chi connectivity index (χ3v) is 9.44. The molecule has 2 aromatic carbocycles. The van der Waals surface area contributed by atoms with Gasteiger partial charge in [0.15, 0.2) is 0 Å². The summed E-state index contributed by atoms with van der Waals surface area (Å²) in [4.78, 5) is 45.2. The topological polar surface area (TPSA) is 120 Å². The van der Waals surface area contributed by atoms with Crippen molar-refractivity contribution in [3.8, 4) is 5.75 Å². The third kappa shape index (κ3) is 5.38. The molecule has 0 saturated carbocycles. The molecule has 2 bridgehead atoms. The number of benzene rings is 2. The Morgan fingerprint density at radius 3 is 2.26 bits per heavy atom. The number of aliphatic hydroxyl groups excluding tert-OH is 1. The van der Waals surface area contributed by atoms with Gasteiger partial charge in [-0.2, -0.15) is 0 Å². The largest absolute Gasteiger partial charge is 0.494 e. The molecule has 11 heteroatoms. The van der Waals surface area contributed by atoms with Crippen molar-refractivity contribution in [3.63, 3.8) is 0 Å². The zero-order chi connectivity index (χ0) is 30.0. The van der Waals surface area contributed by atoms with E-state index in [9.17, 15) is 19.5 Å². The molecule has 3 N–H and O–H groups in total. The molecule has 3 saturated heterocycles. The third-order valence-electron chi connectivity index (χ3n) is 8.59.